The van der Waals surface area contributed by atoms with Crippen molar-refractivity contribution >= 4 is 52.1 Å². The van der Waals surface area contributed by atoms with Gasteiger partial charge < -0.3 is 13.9 Å². The quantitative estimate of drug-likeness (QED) is 0.132. The summed E-state index contributed by atoms with van der Waals surface area (Å²) in [4.78, 5) is 29.6. The summed E-state index contributed by atoms with van der Waals surface area (Å²) in [6.45, 7) is 2.90. The third-order valence-corrected chi connectivity index (χ3v) is 6.60. The predicted octanol–water partition coefficient (Wildman–Crippen LogP) is 7.96. The lowest BCUT2D eigenvalue weighted by molar-refractivity contribution is -0.129. The second kappa shape index (κ2) is 12.9. The van der Waals surface area contributed by atoms with Gasteiger partial charge in [-0.05, 0) is 48.9 Å². The minimum atomic E-state index is -0.659. The van der Waals surface area contributed by atoms with Gasteiger partial charge >= 0.3 is 5.97 Å². The van der Waals surface area contributed by atoms with Crippen LogP contribution >= 0.6 is 23.2 Å². The maximum Gasteiger partial charge on any atom is 0.363 e. The Morgan fingerprint density at radius 3 is 2.38 bits per heavy atom. The zero-order valence-electron chi connectivity index (χ0n) is 20.7. The molecule has 1 aromatic heterocycles. The molecule has 1 aliphatic heterocycles. The summed E-state index contributed by atoms with van der Waals surface area (Å²) in [5, 5.41) is 0.745. The van der Waals surface area contributed by atoms with E-state index in [4.69, 9.17) is 37.1 Å². The number of cyclic esters (lactones) is 1. The SMILES string of the molecule is CCCCCCCCCCOc1ccc(C2=N/C(=C\c3coc4c(Cl)cc(Cl)cc4c3=O)C(=O)O2)cc1. The van der Waals surface area contributed by atoms with Crippen LogP contribution in [0, 0.1) is 0 Å². The van der Waals surface area contributed by atoms with Crippen LogP contribution in [0.2, 0.25) is 10.0 Å². The van der Waals surface area contributed by atoms with E-state index in [2.05, 4.69) is 11.9 Å². The van der Waals surface area contributed by atoms with Crippen molar-refractivity contribution in [1.29, 1.82) is 0 Å². The van der Waals surface area contributed by atoms with Crippen LogP contribution in [-0.2, 0) is 9.53 Å². The number of aliphatic imine (C=N–C) groups is 1. The molecule has 0 amide bonds. The molecule has 0 spiro atoms. The topological polar surface area (TPSA) is 78.1 Å². The average Bonchev–Trinajstić information content (AvgIpc) is 3.25. The molecule has 1 aliphatic rings. The molecule has 2 heterocycles. The third kappa shape index (κ3) is 7.02. The van der Waals surface area contributed by atoms with Crippen LogP contribution in [0.1, 0.15) is 69.4 Å². The number of esters is 1. The maximum absolute atomic E-state index is 12.9. The number of carbonyl (C=O) groups excluding carboxylic acids is 1. The van der Waals surface area contributed by atoms with E-state index < -0.39 is 5.97 Å². The minimum absolute atomic E-state index is 0.00945. The van der Waals surface area contributed by atoms with E-state index >= 15 is 0 Å². The molecule has 37 heavy (non-hydrogen) atoms. The lowest BCUT2D eigenvalue weighted by Crippen LogP contribution is -2.07. The van der Waals surface area contributed by atoms with E-state index in [1.165, 1.54) is 69.4 Å². The average molecular weight is 542 g/mol. The molecule has 0 bridgehead atoms. The Morgan fingerprint density at radius 1 is 0.946 bits per heavy atom. The molecule has 0 unspecified atom stereocenters. The molecule has 0 saturated carbocycles. The molecule has 0 N–H and O–H groups in total. The van der Waals surface area contributed by atoms with Crippen molar-refractivity contribution < 1.29 is 18.7 Å². The molecule has 0 saturated heterocycles. The Hall–Kier alpha value is -3.09. The van der Waals surface area contributed by atoms with Crippen LogP contribution in [0.15, 0.2) is 62.6 Å². The van der Waals surface area contributed by atoms with Crippen molar-refractivity contribution in [3.05, 3.63) is 79.8 Å². The summed E-state index contributed by atoms with van der Waals surface area (Å²) >= 11 is 12.1. The van der Waals surface area contributed by atoms with Gasteiger partial charge in [0.25, 0.3) is 0 Å². The van der Waals surface area contributed by atoms with Gasteiger partial charge in [-0.25, -0.2) is 9.79 Å². The van der Waals surface area contributed by atoms with Crippen LogP contribution in [0.25, 0.3) is 17.0 Å². The number of unbranched alkanes of at least 4 members (excludes halogenated alkanes) is 7. The first-order valence-corrected chi connectivity index (χ1v) is 13.4. The molecule has 0 radical (unpaired) electrons. The first-order valence-electron chi connectivity index (χ1n) is 12.6. The maximum atomic E-state index is 12.9. The van der Waals surface area contributed by atoms with Gasteiger partial charge in [0.2, 0.25) is 5.90 Å². The van der Waals surface area contributed by atoms with Crippen LogP contribution in [-0.4, -0.2) is 18.5 Å². The molecule has 8 heteroatoms. The van der Waals surface area contributed by atoms with Crippen LogP contribution in [0.5, 0.6) is 5.75 Å². The Kier molecular flexibility index (Phi) is 9.42. The summed E-state index contributed by atoms with van der Waals surface area (Å²) in [6, 6.07) is 10.2. The molecule has 2 aromatic carbocycles. The molecular formula is C29H29Cl2NO5. The molecule has 0 aliphatic carbocycles. The van der Waals surface area contributed by atoms with E-state index in [0.29, 0.717) is 17.2 Å². The largest absolute Gasteiger partial charge is 0.494 e. The highest BCUT2D eigenvalue weighted by Crippen LogP contribution is 2.27. The normalized spacial score (nSPS) is 14.3. The smallest absolute Gasteiger partial charge is 0.363 e. The van der Waals surface area contributed by atoms with Gasteiger partial charge in [-0.3, -0.25) is 4.79 Å². The second-order valence-corrected chi connectivity index (χ2v) is 9.81. The fourth-order valence-electron chi connectivity index (χ4n) is 4.08. The standard InChI is InChI=1S/C29H29Cl2NO5/c1-2-3-4-5-6-7-8-9-14-35-22-12-10-19(11-13-22)28-32-25(29(34)37-28)15-20-18-36-27-23(26(20)33)16-21(30)17-24(27)31/h10-13,15-18H,2-9,14H2,1H3/b25-15-. The van der Waals surface area contributed by atoms with Crippen LogP contribution in [0.3, 0.4) is 0 Å². The number of benzene rings is 2. The van der Waals surface area contributed by atoms with Crippen LogP contribution in [0.4, 0.5) is 0 Å². The highest BCUT2D eigenvalue weighted by atomic mass is 35.5. The molecule has 3 aromatic rings. The van der Waals surface area contributed by atoms with E-state index in [1.807, 2.05) is 12.1 Å². The van der Waals surface area contributed by atoms with Gasteiger partial charge in [0.15, 0.2) is 16.7 Å². The predicted molar refractivity (Wildman–Crippen MR) is 148 cm³/mol. The van der Waals surface area contributed by atoms with Gasteiger partial charge in [0.05, 0.1) is 22.6 Å². The first kappa shape index (κ1) is 27.0. The van der Waals surface area contributed by atoms with Gasteiger partial charge in [-0.15, -0.1) is 0 Å². The Balaban J connectivity index is 1.36. The fraction of sp³-hybridized carbons (Fsp3) is 0.345. The molecular weight excluding hydrogens is 513 g/mol. The number of nitrogens with zero attached hydrogens (tertiary/aromatic N) is 1. The number of halogens is 2. The highest BCUT2D eigenvalue weighted by Gasteiger charge is 2.25. The van der Waals surface area contributed by atoms with Gasteiger partial charge in [-0.2, -0.15) is 0 Å². The van der Waals surface area contributed by atoms with Gasteiger partial charge in [0, 0.05) is 10.6 Å². The fourth-order valence-corrected chi connectivity index (χ4v) is 4.62. The van der Waals surface area contributed by atoms with Gasteiger partial charge in [0.1, 0.15) is 12.0 Å². The number of ether oxygens (including phenoxy) is 2. The molecule has 0 atom stereocenters. The number of hydrogen-bond donors (Lipinski definition) is 0. The van der Waals surface area contributed by atoms with E-state index in [0.717, 1.165) is 12.2 Å². The zero-order valence-corrected chi connectivity index (χ0v) is 22.2. The summed E-state index contributed by atoms with van der Waals surface area (Å²) < 4.78 is 16.7. The number of carbonyl (C=O) groups is 1. The Bertz CT molecular complexity index is 1380. The summed E-state index contributed by atoms with van der Waals surface area (Å²) in [5.41, 5.74) is 0.589. The van der Waals surface area contributed by atoms with Crippen LogP contribution < -0.4 is 10.2 Å². The van der Waals surface area contributed by atoms with E-state index in [-0.39, 0.29) is 38.6 Å². The lowest BCUT2D eigenvalue weighted by Gasteiger charge is -2.07. The molecule has 6 nitrogen and oxygen atoms in total. The Morgan fingerprint density at radius 2 is 1.65 bits per heavy atom. The third-order valence-electron chi connectivity index (χ3n) is 6.10. The highest BCUT2D eigenvalue weighted by molar-refractivity contribution is 6.38. The van der Waals surface area contributed by atoms with Crippen molar-refractivity contribution in [2.24, 2.45) is 4.99 Å². The zero-order chi connectivity index (χ0) is 26.2. The second-order valence-electron chi connectivity index (χ2n) is 8.97. The number of fused-ring (bicyclic) bond motifs is 1. The van der Waals surface area contributed by atoms with Gasteiger partial charge in [-0.1, -0.05) is 75.1 Å². The first-order chi connectivity index (χ1) is 18.0. The lowest BCUT2D eigenvalue weighted by atomic mass is 10.1. The van der Waals surface area contributed by atoms with E-state index in [9.17, 15) is 9.59 Å². The number of rotatable bonds is 12. The summed E-state index contributed by atoms with van der Waals surface area (Å²) in [7, 11) is 0. The monoisotopic (exact) mass is 541 g/mol. The van der Waals surface area contributed by atoms with Crippen molar-refractivity contribution in [3.63, 3.8) is 0 Å². The van der Waals surface area contributed by atoms with Crippen molar-refractivity contribution in [2.45, 2.75) is 58.3 Å². The summed E-state index contributed by atoms with van der Waals surface area (Å²) in [6.07, 6.45) is 12.5. The molecule has 194 valence electrons. The van der Waals surface area contributed by atoms with Crippen molar-refractivity contribution in [1.82, 2.24) is 0 Å². The Labute approximate surface area is 225 Å². The summed E-state index contributed by atoms with van der Waals surface area (Å²) in [5.74, 6) is 0.245. The van der Waals surface area contributed by atoms with Crippen molar-refractivity contribution in [3.8, 4) is 5.75 Å². The number of hydrogen-bond acceptors (Lipinski definition) is 6. The minimum Gasteiger partial charge on any atom is -0.494 e. The molecule has 4 rings (SSSR count). The van der Waals surface area contributed by atoms with E-state index in [1.54, 1.807) is 12.1 Å². The molecule has 0 fully saturated rings. The van der Waals surface area contributed by atoms with Crippen molar-refractivity contribution in [2.75, 3.05) is 6.61 Å².